The van der Waals surface area contributed by atoms with E-state index in [1.54, 1.807) is 0 Å². The molecular weight excluding hydrogens is 324 g/mol. The molecule has 0 fully saturated rings. The molecule has 0 bridgehead atoms. The van der Waals surface area contributed by atoms with Gasteiger partial charge in [0.25, 0.3) is 0 Å². The van der Waals surface area contributed by atoms with Crippen molar-refractivity contribution in [2.45, 2.75) is 11.3 Å². The molecule has 3 aromatic rings. The first-order valence-corrected chi connectivity index (χ1v) is 8.50. The molecule has 114 valence electrons. The van der Waals surface area contributed by atoms with Gasteiger partial charge in [0.05, 0.1) is 4.90 Å². The molecule has 22 heavy (non-hydrogen) atoms. The highest BCUT2D eigenvalue weighted by molar-refractivity contribution is 7.89. The monoisotopic (exact) mass is 336 g/mol. The number of oxazole rings is 1. The van der Waals surface area contributed by atoms with Gasteiger partial charge in [0.2, 0.25) is 10.0 Å². The number of para-hydroxylation sites is 2. The molecule has 1 N–H and O–H groups in total. The van der Waals surface area contributed by atoms with Crippen LogP contribution in [0.2, 0.25) is 5.02 Å². The molecule has 1 heterocycles. The SMILES string of the molecule is O=S(=O)(NCCc1nc2ccccc2o1)c1ccc(Cl)cc1. The van der Waals surface area contributed by atoms with Crippen molar-refractivity contribution in [3.8, 4) is 0 Å². The molecule has 0 unspecified atom stereocenters. The number of fused-ring (bicyclic) bond motifs is 1. The number of nitrogens with one attached hydrogen (secondary N) is 1. The van der Waals surface area contributed by atoms with E-state index in [1.807, 2.05) is 24.3 Å². The van der Waals surface area contributed by atoms with E-state index in [0.29, 0.717) is 22.9 Å². The molecule has 0 spiro atoms. The zero-order valence-corrected chi connectivity index (χ0v) is 13.1. The minimum absolute atomic E-state index is 0.175. The van der Waals surface area contributed by atoms with E-state index in [1.165, 1.54) is 24.3 Å². The van der Waals surface area contributed by atoms with Crippen LogP contribution in [0.1, 0.15) is 5.89 Å². The number of aromatic nitrogens is 1. The van der Waals surface area contributed by atoms with Crippen LogP contribution in [0.25, 0.3) is 11.1 Å². The average molecular weight is 337 g/mol. The van der Waals surface area contributed by atoms with E-state index in [-0.39, 0.29) is 11.4 Å². The molecule has 0 amide bonds. The fourth-order valence-electron chi connectivity index (χ4n) is 2.02. The van der Waals surface area contributed by atoms with Crippen LogP contribution in [-0.4, -0.2) is 19.9 Å². The lowest BCUT2D eigenvalue weighted by molar-refractivity contribution is 0.523. The largest absolute Gasteiger partial charge is 0.441 e. The normalized spacial score (nSPS) is 11.9. The Hall–Kier alpha value is -1.89. The maximum Gasteiger partial charge on any atom is 0.240 e. The molecule has 0 aliphatic carbocycles. The number of hydrogen-bond acceptors (Lipinski definition) is 4. The minimum atomic E-state index is -3.56. The summed E-state index contributed by atoms with van der Waals surface area (Å²) in [6, 6.07) is 13.4. The maximum absolute atomic E-state index is 12.1. The molecule has 0 aliphatic rings. The summed E-state index contributed by atoms with van der Waals surface area (Å²) in [7, 11) is -3.56. The lowest BCUT2D eigenvalue weighted by Gasteiger charge is -2.05. The van der Waals surface area contributed by atoms with Gasteiger partial charge in [0, 0.05) is 18.0 Å². The van der Waals surface area contributed by atoms with Crippen LogP contribution in [0.5, 0.6) is 0 Å². The zero-order chi connectivity index (χ0) is 15.6. The Morgan fingerprint density at radius 1 is 1.09 bits per heavy atom. The molecule has 2 aromatic carbocycles. The van der Waals surface area contributed by atoms with Crippen LogP contribution >= 0.6 is 11.6 Å². The number of nitrogens with zero attached hydrogens (tertiary/aromatic N) is 1. The molecule has 5 nitrogen and oxygen atoms in total. The Kier molecular flexibility index (Phi) is 4.15. The predicted molar refractivity (Wildman–Crippen MR) is 84.4 cm³/mol. The number of halogens is 1. The number of sulfonamides is 1. The number of hydrogen-bond donors (Lipinski definition) is 1. The van der Waals surface area contributed by atoms with Crippen LogP contribution in [0.15, 0.2) is 57.8 Å². The summed E-state index contributed by atoms with van der Waals surface area (Å²) in [6.45, 7) is 0.206. The summed E-state index contributed by atoms with van der Waals surface area (Å²) in [5, 5.41) is 0.491. The third-order valence-corrected chi connectivity index (χ3v) is 4.82. The van der Waals surface area contributed by atoms with E-state index in [2.05, 4.69) is 9.71 Å². The first-order valence-electron chi connectivity index (χ1n) is 6.64. The minimum Gasteiger partial charge on any atom is -0.441 e. The average Bonchev–Trinajstić information content (AvgIpc) is 2.90. The van der Waals surface area contributed by atoms with Gasteiger partial charge in [-0.15, -0.1) is 0 Å². The second kappa shape index (κ2) is 6.08. The molecule has 0 atom stereocenters. The molecule has 1 aromatic heterocycles. The van der Waals surface area contributed by atoms with Crippen LogP contribution in [0, 0.1) is 0 Å². The summed E-state index contributed by atoms with van der Waals surface area (Å²) in [6.07, 6.45) is 0.376. The summed E-state index contributed by atoms with van der Waals surface area (Å²) < 4.78 is 32.3. The van der Waals surface area contributed by atoms with E-state index in [4.69, 9.17) is 16.0 Å². The van der Waals surface area contributed by atoms with Crippen LogP contribution in [0.3, 0.4) is 0 Å². The summed E-state index contributed by atoms with van der Waals surface area (Å²) in [5.74, 6) is 0.500. The van der Waals surface area contributed by atoms with Crippen molar-refractivity contribution in [1.29, 1.82) is 0 Å². The smallest absolute Gasteiger partial charge is 0.240 e. The van der Waals surface area contributed by atoms with Gasteiger partial charge in [-0.3, -0.25) is 0 Å². The van der Waals surface area contributed by atoms with Crippen LogP contribution < -0.4 is 4.72 Å². The Morgan fingerprint density at radius 2 is 1.82 bits per heavy atom. The van der Waals surface area contributed by atoms with E-state index >= 15 is 0 Å². The zero-order valence-electron chi connectivity index (χ0n) is 11.5. The first kappa shape index (κ1) is 15.0. The standard InChI is InChI=1S/C15H13ClN2O3S/c16-11-5-7-12(8-6-11)22(19,20)17-10-9-15-18-13-3-1-2-4-14(13)21-15/h1-8,17H,9-10H2. The van der Waals surface area contributed by atoms with Crippen molar-refractivity contribution in [2.24, 2.45) is 0 Å². The van der Waals surface area contributed by atoms with E-state index in [9.17, 15) is 8.42 Å². The van der Waals surface area contributed by atoms with Crippen molar-refractivity contribution in [2.75, 3.05) is 6.54 Å². The quantitative estimate of drug-likeness (QED) is 0.777. The van der Waals surface area contributed by atoms with Crippen molar-refractivity contribution in [3.05, 3.63) is 59.4 Å². The van der Waals surface area contributed by atoms with Gasteiger partial charge in [0.15, 0.2) is 11.5 Å². The highest BCUT2D eigenvalue weighted by Gasteiger charge is 2.14. The van der Waals surface area contributed by atoms with Crippen molar-refractivity contribution >= 4 is 32.7 Å². The fraction of sp³-hybridized carbons (Fsp3) is 0.133. The molecular formula is C15H13ClN2O3S. The number of rotatable bonds is 5. The van der Waals surface area contributed by atoms with Crippen molar-refractivity contribution < 1.29 is 12.8 Å². The molecule has 3 rings (SSSR count). The summed E-state index contributed by atoms with van der Waals surface area (Å²) in [5.41, 5.74) is 1.45. The lowest BCUT2D eigenvalue weighted by atomic mass is 10.3. The lowest BCUT2D eigenvalue weighted by Crippen LogP contribution is -2.26. The van der Waals surface area contributed by atoms with Gasteiger partial charge < -0.3 is 4.42 Å². The Bertz CT molecular complexity index is 856. The van der Waals surface area contributed by atoms with Gasteiger partial charge in [-0.25, -0.2) is 18.1 Å². The highest BCUT2D eigenvalue weighted by atomic mass is 35.5. The Labute approximate surface area is 133 Å². The van der Waals surface area contributed by atoms with E-state index in [0.717, 1.165) is 5.52 Å². The van der Waals surface area contributed by atoms with Crippen LogP contribution in [-0.2, 0) is 16.4 Å². The van der Waals surface area contributed by atoms with Gasteiger partial charge in [0.1, 0.15) is 5.52 Å². The molecule has 0 radical (unpaired) electrons. The highest BCUT2D eigenvalue weighted by Crippen LogP contribution is 2.16. The van der Waals surface area contributed by atoms with Crippen molar-refractivity contribution in [3.63, 3.8) is 0 Å². The predicted octanol–water partition coefficient (Wildman–Crippen LogP) is 3.00. The third kappa shape index (κ3) is 3.30. The Morgan fingerprint density at radius 3 is 2.55 bits per heavy atom. The van der Waals surface area contributed by atoms with Crippen molar-refractivity contribution in [1.82, 2.24) is 9.71 Å². The Balaban J connectivity index is 1.65. The summed E-state index contributed by atoms with van der Waals surface area (Å²) in [4.78, 5) is 4.47. The van der Waals surface area contributed by atoms with Gasteiger partial charge in [-0.05, 0) is 36.4 Å². The van der Waals surface area contributed by atoms with Crippen LogP contribution in [0.4, 0.5) is 0 Å². The fourth-order valence-corrected chi connectivity index (χ4v) is 3.17. The van der Waals surface area contributed by atoms with E-state index < -0.39 is 10.0 Å². The molecule has 7 heteroatoms. The molecule has 0 saturated carbocycles. The topological polar surface area (TPSA) is 72.2 Å². The van der Waals surface area contributed by atoms with Gasteiger partial charge >= 0.3 is 0 Å². The first-order chi connectivity index (χ1) is 10.5. The molecule has 0 saturated heterocycles. The van der Waals surface area contributed by atoms with Gasteiger partial charge in [-0.1, -0.05) is 23.7 Å². The second-order valence-corrected chi connectivity index (χ2v) is 6.88. The summed E-state index contributed by atoms with van der Waals surface area (Å²) >= 11 is 5.75. The van der Waals surface area contributed by atoms with Gasteiger partial charge in [-0.2, -0.15) is 0 Å². The second-order valence-electron chi connectivity index (χ2n) is 4.68. The third-order valence-electron chi connectivity index (χ3n) is 3.09. The number of benzene rings is 2. The molecule has 0 aliphatic heterocycles. The maximum atomic E-state index is 12.1.